The lowest BCUT2D eigenvalue weighted by molar-refractivity contribution is -0.153. The van der Waals surface area contributed by atoms with Gasteiger partial charge in [-0.15, -0.1) is 0 Å². The van der Waals surface area contributed by atoms with Crippen molar-refractivity contribution in [3.8, 4) is 5.75 Å². The van der Waals surface area contributed by atoms with E-state index >= 15 is 0 Å². The van der Waals surface area contributed by atoms with Gasteiger partial charge in [0, 0.05) is 19.4 Å². The predicted molar refractivity (Wildman–Crippen MR) is 75.3 cm³/mol. The smallest absolute Gasteiger partial charge is 0.122 e. The molecule has 1 aliphatic heterocycles. The fourth-order valence-electron chi connectivity index (χ4n) is 3.08. The molecule has 2 fully saturated rings. The molecule has 1 atom stereocenters. The van der Waals surface area contributed by atoms with Crippen molar-refractivity contribution in [2.75, 3.05) is 6.61 Å². The van der Waals surface area contributed by atoms with Crippen molar-refractivity contribution in [3.63, 3.8) is 0 Å². The van der Waals surface area contributed by atoms with E-state index in [-0.39, 0.29) is 5.60 Å². The van der Waals surface area contributed by atoms with Crippen molar-refractivity contribution < 1.29 is 9.47 Å². The molecule has 0 amide bonds. The fourth-order valence-corrected chi connectivity index (χ4v) is 3.08. The van der Waals surface area contributed by atoms with Gasteiger partial charge in [0.1, 0.15) is 11.9 Å². The second-order valence-electron chi connectivity index (χ2n) is 5.92. The highest BCUT2D eigenvalue weighted by Gasteiger charge is 2.43. The monoisotopic (exact) mass is 261 g/mol. The zero-order chi connectivity index (χ0) is 13.3. The van der Waals surface area contributed by atoms with E-state index in [9.17, 15) is 0 Å². The van der Waals surface area contributed by atoms with Gasteiger partial charge in [0.05, 0.1) is 12.2 Å². The van der Waals surface area contributed by atoms with Crippen LogP contribution in [0.3, 0.4) is 0 Å². The van der Waals surface area contributed by atoms with E-state index in [0.717, 1.165) is 30.8 Å². The number of ether oxygens (including phenoxy) is 2. The second-order valence-corrected chi connectivity index (χ2v) is 5.92. The molecule has 3 rings (SSSR count). The van der Waals surface area contributed by atoms with Gasteiger partial charge in [0.15, 0.2) is 0 Å². The van der Waals surface area contributed by atoms with Gasteiger partial charge in [-0.05, 0) is 43.4 Å². The number of rotatable bonds is 3. The maximum absolute atomic E-state index is 6.22. The van der Waals surface area contributed by atoms with Crippen molar-refractivity contribution in [1.29, 1.82) is 0 Å². The molecule has 3 heteroatoms. The molecule has 0 aromatic heterocycles. The normalized spacial score (nSPS) is 25.1. The van der Waals surface area contributed by atoms with Crippen LogP contribution in [0, 0.1) is 6.92 Å². The zero-order valence-corrected chi connectivity index (χ0v) is 11.7. The summed E-state index contributed by atoms with van der Waals surface area (Å²) in [5, 5.41) is 0. The summed E-state index contributed by atoms with van der Waals surface area (Å²) in [5.41, 5.74) is 8.16. The highest BCUT2D eigenvalue weighted by Crippen LogP contribution is 2.43. The number of benzene rings is 1. The predicted octanol–water partition coefficient (Wildman–Crippen LogP) is 2.93. The van der Waals surface area contributed by atoms with Crippen LogP contribution >= 0.6 is 0 Å². The minimum absolute atomic E-state index is 0.141. The minimum Gasteiger partial charge on any atom is -0.490 e. The van der Waals surface area contributed by atoms with Gasteiger partial charge >= 0.3 is 0 Å². The lowest BCUT2D eigenvalue weighted by Crippen LogP contribution is -2.48. The molecule has 2 N–H and O–H groups in total. The summed E-state index contributed by atoms with van der Waals surface area (Å²) in [5.74, 6) is 0.990. The Balaban J connectivity index is 1.70. The van der Waals surface area contributed by atoms with Crippen molar-refractivity contribution >= 4 is 0 Å². The van der Waals surface area contributed by atoms with Gasteiger partial charge in [-0.25, -0.2) is 0 Å². The Kier molecular flexibility index (Phi) is 3.50. The van der Waals surface area contributed by atoms with E-state index in [2.05, 4.69) is 25.1 Å². The molecule has 2 aliphatic rings. The maximum atomic E-state index is 6.22. The van der Waals surface area contributed by atoms with E-state index < -0.39 is 0 Å². The summed E-state index contributed by atoms with van der Waals surface area (Å²) in [6.07, 6.45) is 6.03. The first kappa shape index (κ1) is 12.9. The van der Waals surface area contributed by atoms with Gasteiger partial charge < -0.3 is 15.2 Å². The molecule has 19 heavy (non-hydrogen) atoms. The molecule has 1 heterocycles. The summed E-state index contributed by atoms with van der Waals surface area (Å²) >= 11 is 0. The highest BCUT2D eigenvalue weighted by atomic mass is 16.5. The van der Waals surface area contributed by atoms with Gasteiger partial charge in [-0.1, -0.05) is 12.1 Å². The molecule has 104 valence electrons. The summed E-state index contributed by atoms with van der Waals surface area (Å²) < 4.78 is 12.2. The number of nitrogens with two attached hydrogens (primary N) is 1. The van der Waals surface area contributed by atoms with E-state index in [1.165, 1.54) is 24.8 Å². The van der Waals surface area contributed by atoms with Crippen molar-refractivity contribution in [1.82, 2.24) is 0 Å². The average molecular weight is 261 g/mol. The van der Waals surface area contributed by atoms with Crippen LogP contribution in [0.1, 0.15) is 43.2 Å². The number of hydrogen-bond donors (Lipinski definition) is 1. The molecule has 1 aromatic rings. The van der Waals surface area contributed by atoms with Crippen LogP contribution in [0.2, 0.25) is 0 Å². The first-order valence-corrected chi connectivity index (χ1v) is 7.31. The maximum Gasteiger partial charge on any atom is 0.122 e. The van der Waals surface area contributed by atoms with Crippen LogP contribution in [0.4, 0.5) is 0 Å². The van der Waals surface area contributed by atoms with Crippen LogP contribution in [0.5, 0.6) is 5.75 Å². The van der Waals surface area contributed by atoms with Crippen LogP contribution in [-0.4, -0.2) is 18.3 Å². The molecular weight excluding hydrogens is 238 g/mol. The van der Waals surface area contributed by atoms with Gasteiger partial charge in [-0.3, -0.25) is 0 Å². The van der Waals surface area contributed by atoms with Crippen molar-refractivity contribution in [2.24, 2.45) is 5.73 Å². The Labute approximate surface area is 115 Å². The average Bonchev–Trinajstić information content (AvgIpc) is 2.40. The molecule has 1 unspecified atom stereocenters. The standard InChI is InChI=1S/C16H23NO2/c1-12-3-4-13(11-17)9-15(12)19-14-5-8-18-16(10-14)6-2-7-16/h3-4,9,14H,2,5-8,10-11,17H2,1H3. The molecule has 1 spiro atoms. The largest absolute Gasteiger partial charge is 0.490 e. The third-order valence-electron chi connectivity index (χ3n) is 4.49. The SMILES string of the molecule is Cc1ccc(CN)cc1OC1CCOC2(CCC2)C1. The Bertz CT molecular complexity index is 454. The number of hydrogen-bond acceptors (Lipinski definition) is 3. The van der Waals surface area contributed by atoms with Gasteiger partial charge in [0.25, 0.3) is 0 Å². The van der Waals surface area contributed by atoms with E-state index in [1.807, 2.05) is 0 Å². The van der Waals surface area contributed by atoms with Crippen LogP contribution in [0.15, 0.2) is 18.2 Å². The third kappa shape index (κ3) is 2.63. The molecule has 1 aromatic carbocycles. The number of aryl methyl sites for hydroxylation is 1. The Morgan fingerprint density at radius 2 is 2.26 bits per heavy atom. The summed E-state index contributed by atoms with van der Waals surface area (Å²) in [6.45, 7) is 3.49. The topological polar surface area (TPSA) is 44.5 Å². The third-order valence-corrected chi connectivity index (χ3v) is 4.49. The quantitative estimate of drug-likeness (QED) is 0.910. The van der Waals surface area contributed by atoms with E-state index in [4.69, 9.17) is 15.2 Å². The first-order chi connectivity index (χ1) is 9.21. The zero-order valence-electron chi connectivity index (χ0n) is 11.7. The summed E-state index contributed by atoms with van der Waals surface area (Å²) in [6, 6.07) is 6.24. The Morgan fingerprint density at radius 3 is 2.95 bits per heavy atom. The van der Waals surface area contributed by atoms with Gasteiger partial charge in [0.2, 0.25) is 0 Å². The molecule has 0 radical (unpaired) electrons. The first-order valence-electron chi connectivity index (χ1n) is 7.31. The van der Waals surface area contributed by atoms with Crippen LogP contribution in [0.25, 0.3) is 0 Å². The highest BCUT2D eigenvalue weighted by molar-refractivity contribution is 5.36. The summed E-state index contributed by atoms with van der Waals surface area (Å²) in [7, 11) is 0. The molecule has 1 saturated heterocycles. The molecular formula is C16H23NO2. The fraction of sp³-hybridized carbons (Fsp3) is 0.625. The van der Waals surface area contributed by atoms with Crippen molar-refractivity contribution in [3.05, 3.63) is 29.3 Å². The molecule has 3 nitrogen and oxygen atoms in total. The lowest BCUT2D eigenvalue weighted by Gasteiger charge is -2.47. The second kappa shape index (κ2) is 5.14. The van der Waals surface area contributed by atoms with Crippen LogP contribution < -0.4 is 10.5 Å². The molecule has 0 bridgehead atoms. The lowest BCUT2D eigenvalue weighted by atomic mass is 9.74. The minimum atomic E-state index is 0.141. The Hall–Kier alpha value is -1.06. The van der Waals surface area contributed by atoms with E-state index in [1.54, 1.807) is 0 Å². The van der Waals surface area contributed by atoms with Crippen molar-refractivity contribution in [2.45, 2.75) is 57.3 Å². The Morgan fingerprint density at radius 1 is 1.42 bits per heavy atom. The molecule has 1 aliphatic carbocycles. The van der Waals surface area contributed by atoms with Crippen LogP contribution in [-0.2, 0) is 11.3 Å². The van der Waals surface area contributed by atoms with E-state index in [0.29, 0.717) is 12.6 Å². The molecule has 1 saturated carbocycles. The van der Waals surface area contributed by atoms with Gasteiger partial charge in [-0.2, -0.15) is 0 Å². The summed E-state index contributed by atoms with van der Waals surface area (Å²) in [4.78, 5) is 0.